The number of benzene rings is 2. The van der Waals surface area contributed by atoms with Gasteiger partial charge in [0.2, 0.25) is 0 Å². The summed E-state index contributed by atoms with van der Waals surface area (Å²) >= 11 is 0. The van der Waals surface area contributed by atoms with Crippen molar-refractivity contribution < 1.29 is 18.0 Å². The molecule has 5 nitrogen and oxygen atoms in total. The van der Waals surface area contributed by atoms with Gasteiger partial charge in [0.25, 0.3) is 0 Å². The van der Waals surface area contributed by atoms with Crippen molar-refractivity contribution in [1.82, 2.24) is 4.98 Å². The Kier molecular flexibility index (Phi) is 4.38. The quantitative estimate of drug-likeness (QED) is 0.619. The predicted octanol–water partition coefficient (Wildman–Crippen LogP) is 4.90. The van der Waals surface area contributed by atoms with Crippen molar-refractivity contribution in [2.45, 2.75) is 19.1 Å². The van der Waals surface area contributed by atoms with Crippen molar-refractivity contribution in [1.29, 1.82) is 5.26 Å². The standard InChI is InChI=1S/C21H15F3N4O/c1-13-6-7-15(21(22,23)24)8-18(13)27-12-16(9-25)28(20(27)29)19-11-26-10-14-4-2-3-5-17(14)19/h2-8,10-11,16H,12H2,1H3. The van der Waals surface area contributed by atoms with Crippen molar-refractivity contribution in [3.05, 3.63) is 66.0 Å². The smallest absolute Gasteiger partial charge is 0.291 e. The van der Waals surface area contributed by atoms with Crippen molar-refractivity contribution >= 4 is 28.2 Å². The summed E-state index contributed by atoms with van der Waals surface area (Å²) in [6, 6.07) is 11.2. The molecule has 0 bridgehead atoms. The molecule has 0 spiro atoms. The third kappa shape index (κ3) is 3.14. The second-order valence-corrected chi connectivity index (χ2v) is 6.79. The summed E-state index contributed by atoms with van der Waals surface area (Å²) in [5.74, 6) is 0. The highest BCUT2D eigenvalue weighted by atomic mass is 19.4. The zero-order valence-electron chi connectivity index (χ0n) is 15.3. The number of alkyl halides is 3. The van der Waals surface area contributed by atoms with Crippen LogP contribution in [0.5, 0.6) is 0 Å². The number of hydrogen-bond donors (Lipinski definition) is 0. The molecule has 1 aromatic heterocycles. The van der Waals surface area contributed by atoms with Gasteiger partial charge in [0, 0.05) is 22.7 Å². The van der Waals surface area contributed by atoms with Gasteiger partial charge in [-0.1, -0.05) is 30.3 Å². The third-order valence-corrected chi connectivity index (χ3v) is 4.99. The van der Waals surface area contributed by atoms with E-state index in [1.165, 1.54) is 22.1 Å². The number of fused-ring (bicyclic) bond motifs is 1. The van der Waals surface area contributed by atoms with Crippen molar-refractivity contribution in [2.24, 2.45) is 0 Å². The molecular weight excluding hydrogens is 381 g/mol. The van der Waals surface area contributed by atoms with Gasteiger partial charge in [0.05, 0.1) is 30.1 Å². The molecule has 0 aliphatic carbocycles. The van der Waals surface area contributed by atoms with Crippen LogP contribution in [0, 0.1) is 18.3 Å². The molecule has 0 saturated carbocycles. The van der Waals surface area contributed by atoms with E-state index in [2.05, 4.69) is 11.1 Å². The number of carbonyl (C=O) groups excluding carboxylic acids is 1. The Morgan fingerprint density at radius 3 is 2.62 bits per heavy atom. The maximum atomic E-state index is 13.2. The number of hydrogen-bond acceptors (Lipinski definition) is 3. The van der Waals surface area contributed by atoms with Crippen LogP contribution in [0.2, 0.25) is 0 Å². The highest BCUT2D eigenvalue weighted by molar-refractivity contribution is 6.11. The summed E-state index contributed by atoms with van der Waals surface area (Å²) in [5.41, 5.74) is 0.262. The molecule has 29 heavy (non-hydrogen) atoms. The van der Waals surface area contributed by atoms with Gasteiger partial charge in [-0.05, 0) is 24.6 Å². The van der Waals surface area contributed by atoms with Crippen LogP contribution in [0.15, 0.2) is 54.9 Å². The molecule has 1 fully saturated rings. The SMILES string of the molecule is Cc1ccc(C(F)(F)F)cc1N1CC(C#N)N(c2cncc3ccccc23)C1=O. The minimum absolute atomic E-state index is 0.0410. The topological polar surface area (TPSA) is 60.2 Å². The van der Waals surface area contributed by atoms with Gasteiger partial charge in [-0.3, -0.25) is 14.8 Å². The fourth-order valence-electron chi connectivity index (χ4n) is 3.54. The molecule has 1 unspecified atom stereocenters. The summed E-state index contributed by atoms with van der Waals surface area (Å²) in [7, 11) is 0. The first-order valence-corrected chi connectivity index (χ1v) is 8.82. The molecule has 3 aromatic rings. The second-order valence-electron chi connectivity index (χ2n) is 6.79. The highest BCUT2D eigenvalue weighted by Gasteiger charge is 2.41. The van der Waals surface area contributed by atoms with Crippen LogP contribution in [0.1, 0.15) is 11.1 Å². The lowest BCUT2D eigenvalue weighted by molar-refractivity contribution is -0.137. The molecule has 2 amide bonds. The van der Waals surface area contributed by atoms with Crippen LogP contribution >= 0.6 is 0 Å². The number of nitrogens with zero attached hydrogens (tertiary/aromatic N) is 4. The lowest BCUT2D eigenvalue weighted by Gasteiger charge is -2.22. The van der Waals surface area contributed by atoms with Crippen molar-refractivity contribution in [3.63, 3.8) is 0 Å². The van der Waals surface area contributed by atoms with E-state index in [9.17, 15) is 23.2 Å². The molecule has 1 aliphatic heterocycles. The molecule has 1 atom stereocenters. The molecule has 0 radical (unpaired) electrons. The summed E-state index contributed by atoms with van der Waals surface area (Å²) in [5, 5.41) is 11.2. The van der Waals surface area contributed by atoms with E-state index in [-0.39, 0.29) is 12.2 Å². The van der Waals surface area contributed by atoms with E-state index in [4.69, 9.17) is 0 Å². The van der Waals surface area contributed by atoms with Crippen molar-refractivity contribution in [2.75, 3.05) is 16.3 Å². The Morgan fingerprint density at radius 1 is 1.14 bits per heavy atom. The highest BCUT2D eigenvalue weighted by Crippen LogP contribution is 2.37. The number of carbonyl (C=O) groups is 1. The monoisotopic (exact) mass is 396 g/mol. The van der Waals surface area contributed by atoms with E-state index in [1.54, 1.807) is 13.1 Å². The molecule has 2 heterocycles. The van der Waals surface area contributed by atoms with Gasteiger partial charge in [-0.15, -0.1) is 0 Å². The first kappa shape index (κ1) is 18.7. The average Bonchev–Trinajstić information content (AvgIpc) is 3.03. The Balaban J connectivity index is 1.81. The number of pyridine rings is 1. The van der Waals surface area contributed by atoms with E-state index in [0.29, 0.717) is 11.3 Å². The molecule has 2 aromatic carbocycles. The first-order chi connectivity index (χ1) is 13.8. The lowest BCUT2D eigenvalue weighted by atomic mass is 10.1. The number of halogens is 3. The van der Waals surface area contributed by atoms with Gasteiger partial charge in [0.1, 0.15) is 6.04 Å². The van der Waals surface area contributed by atoms with Crippen molar-refractivity contribution in [3.8, 4) is 6.07 Å². The van der Waals surface area contributed by atoms with Gasteiger partial charge in [0.15, 0.2) is 0 Å². The van der Waals surface area contributed by atoms with Gasteiger partial charge < -0.3 is 0 Å². The number of rotatable bonds is 2. The number of urea groups is 1. The Hall–Kier alpha value is -3.60. The van der Waals surface area contributed by atoms with Gasteiger partial charge in [-0.2, -0.15) is 18.4 Å². The van der Waals surface area contributed by atoms with Crippen LogP contribution in [0.3, 0.4) is 0 Å². The van der Waals surface area contributed by atoms with E-state index in [1.807, 2.05) is 24.3 Å². The Labute approximate surface area is 164 Å². The lowest BCUT2D eigenvalue weighted by Crippen LogP contribution is -2.35. The first-order valence-electron chi connectivity index (χ1n) is 8.82. The summed E-state index contributed by atoms with van der Waals surface area (Å²) < 4.78 is 39.5. The number of aryl methyl sites for hydroxylation is 1. The number of amides is 2. The van der Waals surface area contributed by atoms with E-state index in [0.717, 1.165) is 22.9 Å². The summed E-state index contributed by atoms with van der Waals surface area (Å²) in [6.07, 6.45) is -1.39. The number of aromatic nitrogens is 1. The fraction of sp³-hybridized carbons (Fsp3) is 0.190. The summed E-state index contributed by atoms with van der Waals surface area (Å²) in [4.78, 5) is 19.9. The van der Waals surface area contributed by atoms with E-state index >= 15 is 0 Å². The minimum Gasteiger partial charge on any atom is -0.291 e. The zero-order valence-corrected chi connectivity index (χ0v) is 15.3. The maximum absolute atomic E-state index is 13.2. The van der Waals surface area contributed by atoms with Gasteiger partial charge >= 0.3 is 12.2 Å². The van der Waals surface area contributed by atoms with Gasteiger partial charge in [-0.25, -0.2) is 4.79 Å². The van der Waals surface area contributed by atoms with Crippen LogP contribution in [-0.4, -0.2) is 23.6 Å². The molecule has 1 saturated heterocycles. The third-order valence-electron chi connectivity index (χ3n) is 4.99. The molecule has 0 N–H and O–H groups in total. The number of nitriles is 1. The molecular formula is C21H15F3N4O. The normalized spacial score (nSPS) is 17.1. The molecule has 1 aliphatic rings. The van der Waals surface area contributed by atoms with Crippen LogP contribution in [0.4, 0.5) is 29.3 Å². The average molecular weight is 396 g/mol. The minimum atomic E-state index is -4.53. The molecule has 4 rings (SSSR count). The van der Waals surface area contributed by atoms with E-state index < -0.39 is 23.8 Å². The summed E-state index contributed by atoms with van der Waals surface area (Å²) in [6.45, 7) is 1.59. The largest absolute Gasteiger partial charge is 0.416 e. The second kappa shape index (κ2) is 6.78. The zero-order chi connectivity index (χ0) is 20.8. The predicted molar refractivity (Wildman–Crippen MR) is 103 cm³/mol. The van der Waals surface area contributed by atoms with Crippen LogP contribution in [-0.2, 0) is 6.18 Å². The van der Waals surface area contributed by atoms with Crippen LogP contribution in [0.25, 0.3) is 10.8 Å². The molecule has 146 valence electrons. The maximum Gasteiger partial charge on any atom is 0.416 e. The Morgan fingerprint density at radius 2 is 1.90 bits per heavy atom. The fourth-order valence-corrected chi connectivity index (χ4v) is 3.54. The number of anilines is 2. The Bertz CT molecular complexity index is 1150. The molecule has 8 heteroatoms. The van der Waals surface area contributed by atoms with Crippen LogP contribution < -0.4 is 9.80 Å².